The lowest BCUT2D eigenvalue weighted by Crippen LogP contribution is -2.53. The molecule has 0 radical (unpaired) electrons. The fourth-order valence-corrected chi connectivity index (χ4v) is 3.23. The average molecular weight is 350 g/mol. The Kier molecular flexibility index (Phi) is 4.98. The molecular formula is C17H19FN2O5. The molecule has 0 bridgehead atoms. The van der Waals surface area contributed by atoms with E-state index in [0.29, 0.717) is 18.7 Å². The first-order chi connectivity index (χ1) is 12.0. The third kappa shape index (κ3) is 3.63. The van der Waals surface area contributed by atoms with Crippen LogP contribution in [0.4, 0.5) is 10.1 Å². The maximum absolute atomic E-state index is 13.4. The van der Waals surface area contributed by atoms with E-state index in [4.69, 9.17) is 4.74 Å². The SMILES string of the molecule is O=C(O)[C@H]1COCCN1C(=O)CCN1C(=O)CCc2cc(F)ccc21. The average Bonchev–Trinajstić information content (AvgIpc) is 2.60. The maximum Gasteiger partial charge on any atom is 0.328 e. The van der Waals surface area contributed by atoms with Crippen molar-refractivity contribution in [3.05, 3.63) is 29.6 Å². The van der Waals surface area contributed by atoms with Crippen LogP contribution < -0.4 is 4.90 Å². The number of halogens is 1. The topological polar surface area (TPSA) is 87.2 Å². The van der Waals surface area contributed by atoms with E-state index in [2.05, 4.69) is 0 Å². The van der Waals surface area contributed by atoms with Gasteiger partial charge in [0.25, 0.3) is 0 Å². The largest absolute Gasteiger partial charge is 0.480 e. The van der Waals surface area contributed by atoms with Gasteiger partial charge in [0.1, 0.15) is 5.82 Å². The summed E-state index contributed by atoms with van der Waals surface area (Å²) in [6.45, 7) is 0.609. The van der Waals surface area contributed by atoms with Gasteiger partial charge in [-0.3, -0.25) is 9.59 Å². The number of carbonyl (C=O) groups excluding carboxylic acids is 2. The van der Waals surface area contributed by atoms with E-state index in [1.165, 1.54) is 21.9 Å². The van der Waals surface area contributed by atoms with Crippen LogP contribution in [0.1, 0.15) is 18.4 Å². The summed E-state index contributed by atoms with van der Waals surface area (Å²) in [6, 6.07) is 3.23. The number of aliphatic carboxylic acids is 1. The number of rotatable bonds is 4. The molecule has 134 valence electrons. The van der Waals surface area contributed by atoms with Crippen molar-refractivity contribution in [3.8, 4) is 0 Å². The Balaban J connectivity index is 1.69. The van der Waals surface area contributed by atoms with Crippen molar-refractivity contribution in [2.24, 2.45) is 0 Å². The first kappa shape index (κ1) is 17.3. The van der Waals surface area contributed by atoms with E-state index in [1.807, 2.05) is 0 Å². The second-order valence-corrected chi connectivity index (χ2v) is 6.08. The minimum atomic E-state index is -1.11. The van der Waals surface area contributed by atoms with E-state index in [-0.39, 0.29) is 50.2 Å². The minimum absolute atomic E-state index is 0.00629. The zero-order valence-corrected chi connectivity index (χ0v) is 13.6. The van der Waals surface area contributed by atoms with Gasteiger partial charge in [0.05, 0.1) is 13.2 Å². The van der Waals surface area contributed by atoms with Gasteiger partial charge in [-0.2, -0.15) is 0 Å². The van der Waals surface area contributed by atoms with E-state index in [1.54, 1.807) is 6.07 Å². The van der Waals surface area contributed by atoms with Crippen LogP contribution in [0, 0.1) is 5.82 Å². The van der Waals surface area contributed by atoms with Gasteiger partial charge < -0.3 is 19.6 Å². The number of carbonyl (C=O) groups is 3. The van der Waals surface area contributed by atoms with Gasteiger partial charge in [-0.25, -0.2) is 9.18 Å². The Morgan fingerprint density at radius 3 is 2.88 bits per heavy atom. The number of anilines is 1. The smallest absolute Gasteiger partial charge is 0.328 e. The molecule has 0 unspecified atom stereocenters. The molecule has 0 aliphatic carbocycles. The second kappa shape index (κ2) is 7.18. The number of carboxylic acids is 1. The third-order valence-electron chi connectivity index (χ3n) is 4.52. The molecule has 1 atom stereocenters. The van der Waals surface area contributed by atoms with Crippen molar-refractivity contribution in [1.82, 2.24) is 4.90 Å². The summed E-state index contributed by atoms with van der Waals surface area (Å²) in [6.07, 6.45) is 0.743. The van der Waals surface area contributed by atoms with E-state index >= 15 is 0 Å². The molecule has 1 fully saturated rings. The molecule has 2 amide bonds. The summed E-state index contributed by atoms with van der Waals surface area (Å²) in [5.74, 6) is -1.92. The molecule has 0 spiro atoms. The minimum Gasteiger partial charge on any atom is -0.480 e. The number of carboxylic acid groups (broad SMARTS) is 1. The van der Waals surface area contributed by atoms with E-state index in [0.717, 1.165) is 5.56 Å². The summed E-state index contributed by atoms with van der Waals surface area (Å²) >= 11 is 0. The molecule has 25 heavy (non-hydrogen) atoms. The van der Waals surface area contributed by atoms with Crippen molar-refractivity contribution in [1.29, 1.82) is 0 Å². The number of morpholine rings is 1. The third-order valence-corrected chi connectivity index (χ3v) is 4.52. The molecule has 7 nitrogen and oxygen atoms in total. The molecule has 0 saturated carbocycles. The fourth-order valence-electron chi connectivity index (χ4n) is 3.23. The lowest BCUT2D eigenvalue weighted by atomic mass is 10.0. The molecule has 2 heterocycles. The van der Waals surface area contributed by atoms with Gasteiger partial charge in [0.15, 0.2) is 6.04 Å². The molecule has 8 heteroatoms. The van der Waals surface area contributed by atoms with Crippen molar-refractivity contribution in [2.45, 2.75) is 25.3 Å². The molecule has 1 aromatic rings. The van der Waals surface area contributed by atoms with Crippen LogP contribution in [-0.4, -0.2) is 60.1 Å². The summed E-state index contributed by atoms with van der Waals surface area (Å²) < 4.78 is 18.5. The summed E-state index contributed by atoms with van der Waals surface area (Å²) in [5.41, 5.74) is 1.35. The van der Waals surface area contributed by atoms with Gasteiger partial charge in [0, 0.05) is 31.6 Å². The normalized spacial score (nSPS) is 20.4. The van der Waals surface area contributed by atoms with Gasteiger partial charge in [-0.1, -0.05) is 0 Å². The highest BCUT2D eigenvalue weighted by Crippen LogP contribution is 2.28. The number of nitrogens with zero attached hydrogens (tertiary/aromatic N) is 2. The number of amides is 2. The Morgan fingerprint density at radius 1 is 1.32 bits per heavy atom. The highest BCUT2D eigenvalue weighted by atomic mass is 19.1. The molecule has 2 aliphatic heterocycles. The van der Waals surface area contributed by atoms with Gasteiger partial charge in [-0.15, -0.1) is 0 Å². The summed E-state index contributed by atoms with van der Waals surface area (Å²) in [5, 5.41) is 9.20. The van der Waals surface area contributed by atoms with Crippen molar-refractivity contribution < 1.29 is 28.6 Å². The lowest BCUT2D eigenvalue weighted by molar-refractivity contribution is -0.158. The Morgan fingerprint density at radius 2 is 2.12 bits per heavy atom. The molecule has 0 aromatic heterocycles. The molecule has 3 rings (SSSR count). The predicted molar refractivity (Wildman–Crippen MR) is 85.6 cm³/mol. The fraction of sp³-hybridized carbons (Fsp3) is 0.471. The Labute approximate surface area is 144 Å². The highest BCUT2D eigenvalue weighted by Gasteiger charge is 2.33. The second-order valence-electron chi connectivity index (χ2n) is 6.08. The van der Waals surface area contributed by atoms with Crippen LogP contribution >= 0.6 is 0 Å². The number of fused-ring (bicyclic) bond motifs is 1. The molecule has 1 N–H and O–H groups in total. The van der Waals surface area contributed by atoms with E-state index < -0.39 is 12.0 Å². The Hall–Kier alpha value is -2.48. The quantitative estimate of drug-likeness (QED) is 0.868. The number of aryl methyl sites for hydroxylation is 1. The van der Waals surface area contributed by atoms with Crippen LogP contribution in [0.15, 0.2) is 18.2 Å². The Bertz CT molecular complexity index is 708. The van der Waals surface area contributed by atoms with Gasteiger partial charge in [-0.05, 0) is 30.2 Å². The van der Waals surface area contributed by atoms with Gasteiger partial charge in [0.2, 0.25) is 11.8 Å². The maximum atomic E-state index is 13.4. The number of hydrogen-bond acceptors (Lipinski definition) is 4. The van der Waals surface area contributed by atoms with Crippen LogP contribution in [0.3, 0.4) is 0 Å². The standard InChI is InChI=1S/C17H19FN2O5/c18-12-2-3-13-11(9-12)1-4-15(21)19(13)6-5-16(22)20-7-8-25-10-14(20)17(23)24/h2-3,9,14H,1,4-8,10H2,(H,23,24)/t14-/m1/s1. The van der Waals surface area contributed by atoms with Crippen molar-refractivity contribution in [3.63, 3.8) is 0 Å². The van der Waals surface area contributed by atoms with Crippen LogP contribution in [-0.2, 0) is 25.5 Å². The molecule has 1 aromatic carbocycles. The van der Waals surface area contributed by atoms with Crippen molar-refractivity contribution in [2.75, 3.05) is 31.2 Å². The van der Waals surface area contributed by atoms with Crippen molar-refractivity contribution >= 4 is 23.5 Å². The number of hydrogen-bond donors (Lipinski definition) is 1. The van der Waals surface area contributed by atoms with Crippen LogP contribution in [0.5, 0.6) is 0 Å². The molecule has 2 aliphatic rings. The lowest BCUT2D eigenvalue weighted by Gasteiger charge is -2.34. The number of ether oxygens (including phenoxy) is 1. The zero-order chi connectivity index (χ0) is 18.0. The summed E-state index contributed by atoms with van der Waals surface area (Å²) in [7, 11) is 0. The monoisotopic (exact) mass is 350 g/mol. The van der Waals surface area contributed by atoms with E-state index in [9.17, 15) is 23.9 Å². The van der Waals surface area contributed by atoms with Crippen LogP contribution in [0.2, 0.25) is 0 Å². The highest BCUT2D eigenvalue weighted by molar-refractivity contribution is 5.97. The van der Waals surface area contributed by atoms with Gasteiger partial charge >= 0.3 is 5.97 Å². The zero-order valence-electron chi connectivity index (χ0n) is 13.6. The number of benzene rings is 1. The molecule has 1 saturated heterocycles. The molecular weight excluding hydrogens is 331 g/mol. The van der Waals surface area contributed by atoms with Crippen LogP contribution in [0.25, 0.3) is 0 Å². The first-order valence-corrected chi connectivity index (χ1v) is 8.16. The predicted octanol–water partition coefficient (Wildman–Crippen LogP) is 0.807. The summed E-state index contributed by atoms with van der Waals surface area (Å²) in [4.78, 5) is 38.6. The first-order valence-electron chi connectivity index (χ1n) is 8.16.